The first-order valence-corrected chi connectivity index (χ1v) is 9.87. The van der Waals surface area contributed by atoms with Gasteiger partial charge in [0.2, 0.25) is 5.91 Å². The maximum atomic E-state index is 14.0. The summed E-state index contributed by atoms with van der Waals surface area (Å²) in [6.07, 6.45) is 0. The van der Waals surface area contributed by atoms with E-state index in [0.29, 0.717) is 29.4 Å². The normalized spacial score (nSPS) is 20.5. The van der Waals surface area contributed by atoms with E-state index < -0.39 is 0 Å². The van der Waals surface area contributed by atoms with Crippen molar-refractivity contribution in [3.63, 3.8) is 0 Å². The maximum Gasteiger partial charge on any atom is 0.238 e. The van der Waals surface area contributed by atoms with Crippen LogP contribution in [0.5, 0.6) is 5.75 Å². The van der Waals surface area contributed by atoms with Crippen molar-refractivity contribution in [2.24, 2.45) is 0 Å². The van der Waals surface area contributed by atoms with Crippen molar-refractivity contribution in [3.8, 4) is 5.75 Å². The molecule has 0 spiro atoms. The molecule has 0 bridgehead atoms. The van der Waals surface area contributed by atoms with Gasteiger partial charge in [-0.1, -0.05) is 35.9 Å². The second kappa shape index (κ2) is 8.47. The highest BCUT2D eigenvalue weighted by atomic mass is 35.5. The summed E-state index contributed by atoms with van der Waals surface area (Å²) in [5.74, 6) is 0.441. The number of ether oxygens (including phenoxy) is 1. The third kappa shape index (κ3) is 4.14. The van der Waals surface area contributed by atoms with Crippen LogP contribution in [0.15, 0.2) is 42.5 Å². The van der Waals surface area contributed by atoms with Crippen molar-refractivity contribution in [1.82, 2.24) is 15.1 Å². The lowest BCUT2D eigenvalue weighted by Crippen LogP contribution is -2.63. The molecular formula is C21H23ClFN3O2. The summed E-state index contributed by atoms with van der Waals surface area (Å²) in [7, 11) is 0. The number of halogens is 2. The first-order chi connectivity index (χ1) is 13.6. The molecule has 0 saturated carbocycles. The second-order valence-corrected chi connectivity index (χ2v) is 7.58. The number of piperazine rings is 2. The minimum absolute atomic E-state index is 0.0708. The van der Waals surface area contributed by atoms with Crippen LogP contribution < -0.4 is 10.1 Å². The Hall–Kier alpha value is -2.15. The molecule has 1 unspecified atom stereocenters. The Morgan fingerprint density at radius 1 is 1.14 bits per heavy atom. The fraction of sp³-hybridized carbons (Fsp3) is 0.381. The highest BCUT2D eigenvalue weighted by molar-refractivity contribution is 6.31. The molecule has 0 aliphatic carbocycles. The Bertz CT molecular complexity index is 843. The zero-order valence-corrected chi connectivity index (χ0v) is 16.3. The van der Waals surface area contributed by atoms with Gasteiger partial charge in [-0.15, -0.1) is 0 Å². The van der Waals surface area contributed by atoms with Crippen LogP contribution in [-0.4, -0.2) is 54.5 Å². The molecule has 2 saturated heterocycles. The van der Waals surface area contributed by atoms with E-state index in [-0.39, 0.29) is 24.4 Å². The van der Waals surface area contributed by atoms with Gasteiger partial charge >= 0.3 is 0 Å². The van der Waals surface area contributed by atoms with Gasteiger partial charge in [0.25, 0.3) is 0 Å². The fourth-order valence-electron chi connectivity index (χ4n) is 3.81. The molecule has 0 aromatic heterocycles. The van der Waals surface area contributed by atoms with Gasteiger partial charge in [-0.2, -0.15) is 0 Å². The average Bonchev–Trinajstić information content (AvgIpc) is 2.69. The standard InChI is InChI=1S/C21H23ClFN3O2/c22-17-5-3-6-18(23)16(17)14-28-20-7-2-1-4-15(20)12-25-10-11-26-9-8-24-21(27)19(26)13-25/h1-7,19H,8-14H2,(H,24,27). The molecule has 148 valence electrons. The predicted octanol–water partition coefficient (Wildman–Crippen LogP) is 2.67. The average molecular weight is 404 g/mol. The van der Waals surface area contributed by atoms with E-state index in [1.54, 1.807) is 12.1 Å². The summed E-state index contributed by atoms with van der Waals surface area (Å²) < 4.78 is 19.9. The van der Waals surface area contributed by atoms with E-state index in [2.05, 4.69) is 15.1 Å². The molecule has 2 aliphatic heterocycles. The number of carbonyl (C=O) groups excluding carboxylic acids is 1. The van der Waals surface area contributed by atoms with Gasteiger partial charge in [0.15, 0.2) is 0 Å². The van der Waals surface area contributed by atoms with Gasteiger partial charge in [-0.05, 0) is 18.2 Å². The van der Waals surface area contributed by atoms with Crippen LogP contribution in [0.3, 0.4) is 0 Å². The third-order valence-corrected chi connectivity index (χ3v) is 5.73. The van der Waals surface area contributed by atoms with Gasteiger partial charge in [0.1, 0.15) is 24.2 Å². The molecule has 2 aliphatic rings. The Balaban J connectivity index is 1.44. The van der Waals surface area contributed by atoms with Gasteiger partial charge < -0.3 is 10.1 Å². The number of hydrogen-bond acceptors (Lipinski definition) is 4. The number of carbonyl (C=O) groups is 1. The summed E-state index contributed by atoms with van der Waals surface area (Å²) in [6, 6.07) is 12.3. The van der Waals surface area contributed by atoms with Crippen LogP contribution >= 0.6 is 11.6 Å². The molecule has 2 fully saturated rings. The fourth-order valence-corrected chi connectivity index (χ4v) is 4.03. The highest BCUT2D eigenvalue weighted by Crippen LogP contribution is 2.25. The molecule has 2 heterocycles. The van der Waals surface area contributed by atoms with Gasteiger partial charge in [-0.3, -0.25) is 14.6 Å². The number of amides is 1. The van der Waals surface area contributed by atoms with Crippen LogP contribution in [0.25, 0.3) is 0 Å². The molecule has 1 amide bonds. The largest absolute Gasteiger partial charge is 0.488 e. The van der Waals surface area contributed by atoms with Crippen LogP contribution in [-0.2, 0) is 17.9 Å². The summed E-state index contributed by atoms with van der Waals surface area (Å²) >= 11 is 6.10. The van der Waals surface area contributed by atoms with Crippen molar-refractivity contribution < 1.29 is 13.9 Å². The molecule has 2 aromatic rings. The lowest BCUT2D eigenvalue weighted by molar-refractivity contribution is -0.131. The number of benzene rings is 2. The Morgan fingerprint density at radius 3 is 2.86 bits per heavy atom. The molecular weight excluding hydrogens is 381 g/mol. The highest BCUT2D eigenvalue weighted by Gasteiger charge is 2.34. The number of nitrogens with zero attached hydrogens (tertiary/aromatic N) is 2. The van der Waals surface area contributed by atoms with Crippen LogP contribution in [0.4, 0.5) is 4.39 Å². The summed E-state index contributed by atoms with van der Waals surface area (Å²) in [6.45, 7) is 4.86. The molecule has 1 atom stereocenters. The lowest BCUT2D eigenvalue weighted by atomic mass is 10.1. The lowest BCUT2D eigenvalue weighted by Gasteiger charge is -2.43. The van der Waals surface area contributed by atoms with E-state index in [0.717, 1.165) is 31.7 Å². The van der Waals surface area contributed by atoms with Crippen LogP contribution in [0.1, 0.15) is 11.1 Å². The minimum atomic E-state index is -0.371. The molecule has 1 N–H and O–H groups in total. The number of hydrogen-bond donors (Lipinski definition) is 1. The molecule has 2 aromatic carbocycles. The third-order valence-electron chi connectivity index (χ3n) is 5.38. The smallest absolute Gasteiger partial charge is 0.238 e. The zero-order valence-electron chi connectivity index (χ0n) is 15.5. The number of rotatable bonds is 5. The Kier molecular flexibility index (Phi) is 5.80. The molecule has 7 heteroatoms. The quantitative estimate of drug-likeness (QED) is 0.833. The Morgan fingerprint density at radius 2 is 2.00 bits per heavy atom. The molecule has 4 rings (SSSR count). The topological polar surface area (TPSA) is 44.8 Å². The van der Waals surface area contributed by atoms with E-state index in [9.17, 15) is 9.18 Å². The molecule has 0 radical (unpaired) electrons. The van der Waals surface area contributed by atoms with Crippen molar-refractivity contribution in [1.29, 1.82) is 0 Å². The summed E-state index contributed by atoms with van der Waals surface area (Å²) in [5.41, 5.74) is 1.37. The van der Waals surface area contributed by atoms with Gasteiger partial charge in [0, 0.05) is 50.4 Å². The van der Waals surface area contributed by atoms with Crippen molar-refractivity contribution >= 4 is 17.5 Å². The number of fused-ring (bicyclic) bond motifs is 1. The maximum absolute atomic E-state index is 14.0. The summed E-state index contributed by atoms with van der Waals surface area (Å²) in [5, 5.41) is 3.30. The van der Waals surface area contributed by atoms with Crippen molar-refractivity contribution in [2.45, 2.75) is 19.2 Å². The molecule has 28 heavy (non-hydrogen) atoms. The first kappa shape index (κ1) is 19.2. The second-order valence-electron chi connectivity index (χ2n) is 7.17. The number of para-hydroxylation sites is 1. The number of nitrogens with one attached hydrogen (secondary N) is 1. The first-order valence-electron chi connectivity index (χ1n) is 9.49. The monoisotopic (exact) mass is 403 g/mol. The van der Waals surface area contributed by atoms with Crippen LogP contribution in [0.2, 0.25) is 5.02 Å². The minimum Gasteiger partial charge on any atom is -0.488 e. The van der Waals surface area contributed by atoms with E-state index in [1.165, 1.54) is 6.07 Å². The Labute approximate surface area is 169 Å². The van der Waals surface area contributed by atoms with Crippen molar-refractivity contribution in [3.05, 3.63) is 64.4 Å². The van der Waals surface area contributed by atoms with Crippen molar-refractivity contribution in [2.75, 3.05) is 32.7 Å². The SMILES string of the molecule is O=C1NCCN2CCN(Cc3ccccc3OCc3c(F)cccc3Cl)CC12. The van der Waals surface area contributed by atoms with E-state index >= 15 is 0 Å². The van der Waals surface area contributed by atoms with Gasteiger partial charge in [-0.25, -0.2) is 4.39 Å². The van der Waals surface area contributed by atoms with Gasteiger partial charge in [0.05, 0.1) is 5.02 Å². The van der Waals surface area contributed by atoms with Crippen LogP contribution in [0, 0.1) is 5.82 Å². The van der Waals surface area contributed by atoms with E-state index in [4.69, 9.17) is 16.3 Å². The summed E-state index contributed by atoms with van der Waals surface area (Å²) in [4.78, 5) is 16.7. The zero-order chi connectivity index (χ0) is 19.5. The predicted molar refractivity (Wildman–Crippen MR) is 106 cm³/mol. The van der Waals surface area contributed by atoms with E-state index in [1.807, 2.05) is 24.3 Å². The molecule has 5 nitrogen and oxygen atoms in total.